The third-order valence-electron chi connectivity index (χ3n) is 5.20. The quantitative estimate of drug-likeness (QED) is 0.480. The number of rotatable bonds is 4. The van der Waals surface area contributed by atoms with E-state index in [0.29, 0.717) is 52.4 Å². The van der Waals surface area contributed by atoms with Crippen molar-refractivity contribution < 1.29 is 13.8 Å². The predicted molar refractivity (Wildman–Crippen MR) is 110 cm³/mol. The van der Waals surface area contributed by atoms with Gasteiger partial charge in [-0.25, -0.2) is 0 Å². The van der Waals surface area contributed by atoms with Gasteiger partial charge in [0.25, 0.3) is 5.91 Å². The lowest BCUT2D eigenvalue weighted by Gasteiger charge is -2.37. The maximum Gasteiger partial charge on any atom is 0.259 e. The molecule has 1 aliphatic rings. The second-order valence-electron chi connectivity index (χ2n) is 7.17. The molecule has 1 aliphatic heterocycles. The minimum atomic E-state index is -0.150. The van der Waals surface area contributed by atoms with Crippen LogP contribution in [0.5, 0.6) is 0 Å². The summed E-state index contributed by atoms with van der Waals surface area (Å²) in [5, 5.41) is 8.65. The molecule has 0 aliphatic carbocycles. The van der Waals surface area contributed by atoms with Crippen LogP contribution < -0.4 is 0 Å². The van der Waals surface area contributed by atoms with Crippen LogP contribution in [0.4, 0.5) is 0 Å². The van der Waals surface area contributed by atoms with Crippen LogP contribution in [0.1, 0.15) is 27.9 Å². The Kier molecular flexibility index (Phi) is 4.59. The fourth-order valence-corrected chi connectivity index (χ4v) is 3.75. The molecule has 1 saturated heterocycles. The number of amides is 1. The zero-order valence-corrected chi connectivity index (χ0v) is 16.8. The molecule has 1 amide bonds. The number of likely N-dealkylation sites (tertiary alicyclic amines) is 1. The van der Waals surface area contributed by atoms with Crippen LogP contribution in [0.15, 0.2) is 63.6 Å². The Morgan fingerprint density at radius 2 is 1.77 bits per heavy atom. The van der Waals surface area contributed by atoms with Gasteiger partial charge in [-0.1, -0.05) is 70.4 Å². The van der Waals surface area contributed by atoms with Crippen LogP contribution in [0.3, 0.4) is 0 Å². The first kappa shape index (κ1) is 18.6. The number of aromatic nitrogens is 3. The van der Waals surface area contributed by atoms with Crippen molar-refractivity contribution in [1.29, 1.82) is 0 Å². The molecule has 4 aromatic rings. The Labute approximate surface area is 177 Å². The summed E-state index contributed by atoms with van der Waals surface area (Å²) in [6, 6.07) is 16.9. The van der Waals surface area contributed by atoms with E-state index in [1.807, 2.05) is 48.5 Å². The first-order chi connectivity index (χ1) is 14.6. The summed E-state index contributed by atoms with van der Waals surface area (Å²) in [4.78, 5) is 19.3. The molecule has 0 unspecified atom stereocenters. The largest absolute Gasteiger partial charge is 0.360 e. The molecule has 0 bridgehead atoms. The van der Waals surface area contributed by atoms with Crippen molar-refractivity contribution in [3.63, 3.8) is 0 Å². The minimum absolute atomic E-state index is 0.00263. The lowest BCUT2D eigenvalue weighted by molar-refractivity contribution is 0.0568. The fourth-order valence-electron chi connectivity index (χ4n) is 3.53. The molecular weight excluding hydrogens is 404 g/mol. The minimum Gasteiger partial charge on any atom is -0.360 e. The highest BCUT2D eigenvalue weighted by atomic mass is 35.5. The number of aryl methyl sites for hydroxylation is 1. The Morgan fingerprint density at radius 1 is 1.03 bits per heavy atom. The third kappa shape index (κ3) is 3.17. The van der Waals surface area contributed by atoms with E-state index in [-0.39, 0.29) is 11.8 Å². The summed E-state index contributed by atoms with van der Waals surface area (Å²) in [5.74, 6) is 1.39. The maximum atomic E-state index is 13.1. The van der Waals surface area contributed by atoms with Crippen LogP contribution in [0.25, 0.3) is 22.6 Å². The van der Waals surface area contributed by atoms with Crippen molar-refractivity contribution in [3.8, 4) is 22.6 Å². The molecular formula is C22H17ClN4O3. The van der Waals surface area contributed by atoms with Crippen LogP contribution >= 0.6 is 11.6 Å². The SMILES string of the molecule is Cc1onc(-c2ccccc2Cl)c1C(=O)N1CC(c2nc(-c3ccccc3)no2)C1. The van der Waals surface area contributed by atoms with Crippen molar-refractivity contribution >= 4 is 17.5 Å². The van der Waals surface area contributed by atoms with E-state index in [9.17, 15) is 4.79 Å². The second-order valence-corrected chi connectivity index (χ2v) is 7.58. The normalized spacial score (nSPS) is 14.0. The van der Waals surface area contributed by atoms with Gasteiger partial charge in [-0.05, 0) is 13.0 Å². The highest BCUT2D eigenvalue weighted by molar-refractivity contribution is 6.33. The lowest BCUT2D eigenvalue weighted by atomic mass is 9.97. The number of hydrogen-bond donors (Lipinski definition) is 0. The lowest BCUT2D eigenvalue weighted by Crippen LogP contribution is -2.48. The summed E-state index contributed by atoms with van der Waals surface area (Å²) in [7, 11) is 0. The van der Waals surface area contributed by atoms with Gasteiger partial charge in [0.15, 0.2) is 0 Å². The number of halogens is 1. The summed E-state index contributed by atoms with van der Waals surface area (Å²) >= 11 is 6.29. The molecule has 2 aromatic carbocycles. The van der Waals surface area contributed by atoms with E-state index >= 15 is 0 Å². The van der Waals surface area contributed by atoms with E-state index in [1.54, 1.807) is 17.9 Å². The third-order valence-corrected chi connectivity index (χ3v) is 5.53. The second kappa shape index (κ2) is 7.42. The summed E-state index contributed by atoms with van der Waals surface area (Å²) in [5.41, 5.74) is 2.44. The van der Waals surface area contributed by atoms with Crippen LogP contribution in [0, 0.1) is 6.92 Å². The first-order valence-electron chi connectivity index (χ1n) is 9.51. The molecule has 0 saturated carbocycles. The maximum absolute atomic E-state index is 13.1. The standard InChI is InChI=1S/C22H17ClN4O3/c1-13-18(19(25-29-13)16-9-5-6-10-17(16)23)22(28)27-11-15(12-27)21-24-20(26-30-21)14-7-3-2-4-8-14/h2-10,15H,11-12H2,1H3. The molecule has 2 aromatic heterocycles. The van der Waals surface area contributed by atoms with Crippen molar-refractivity contribution in [2.24, 2.45) is 0 Å². The average Bonchev–Trinajstić information content (AvgIpc) is 3.35. The molecule has 1 fully saturated rings. The topological polar surface area (TPSA) is 85.3 Å². The Hall–Kier alpha value is -3.45. The Bertz CT molecular complexity index is 1210. The highest BCUT2D eigenvalue weighted by Gasteiger charge is 2.38. The molecule has 8 heteroatoms. The molecule has 30 heavy (non-hydrogen) atoms. The number of benzene rings is 2. The van der Waals surface area contributed by atoms with Crippen molar-refractivity contribution in [2.75, 3.05) is 13.1 Å². The smallest absolute Gasteiger partial charge is 0.259 e. The molecule has 0 atom stereocenters. The zero-order valence-electron chi connectivity index (χ0n) is 16.1. The molecule has 0 radical (unpaired) electrons. The van der Waals surface area contributed by atoms with E-state index in [1.165, 1.54) is 0 Å². The van der Waals surface area contributed by atoms with Gasteiger partial charge in [0.05, 0.1) is 10.9 Å². The van der Waals surface area contributed by atoms with E-state index in [0.717, 1.165) is 5.56 Å². The summed E-state index contributed by atoms with van der Waals surface area (Å²) in [6.07, 6.45) is 0. The van der Waals surface area contributed by atoms with Gasteiger partial charge in [-0.2, -0.15) is 4.98 Å². The number of nitrogens with zero attached hydrogens (tertiary/aromatic N) is 4. The monoisotopic (exact) mass is 420 g/mol. The van der Waals surface area contributed by atoms with Gasteiger partial charge in [0.1, 0.15) is 17.0 Å². The number of hydrogen-bond acceptors (Lipinski definition) is 6. The molecule has 3 heterocycles. The molecule has 0 spiro atoms. The average molecular weight is 421 g/mol. The summed E-state index contributed by atoms with van der Waals surface area (Å²) < 4.78 is 10.7. The molecule has 5 rings (SSSR count). The molecule has 7 nitrogen and oxygen atoms in total. The van der Waals surface area contributed by atoms with Crippen molar-refractivity contribution in [3.05, 3.63) is 76.8 Å². The Balaban J connectivity index is 1.33. The van der Waals surface area contributed by atoms with E-state index in [2.05, 4.69) is 15.3 Å². The zero-order chi connectivity index (χ0) is 20.7. The molecule has 150 valence electrons. The van der Waals surface area contributed by atoms with Crippen LogP contribution in [-0.4, -0.2) is 39.2 Å². The van der Waals surface area contributed by atoms with Gasteiger partial charge < -0.3 is 13.9 Å². The van der Waals surface area contributed by atoms with Gasteiger partial charge in [0.2, 0.25) is 11.7 Å². The Morgan fingerprint density at radius 3 is 2.53 bits per heavy atom. The first-order valence-corrected chi connectivity index (χ1v) is 9.89. The molecule has 0 N–H and O–H groups in total. The van der Waals surface area contributed by atoms with Crippen molar-refractivity contribution in [1.82, 2.24) is 20.2 Å². The van der Waals surface area contributed by atoms with Crippen LogP contribution in [-0.2, 0) is 0 Å². The van der Waals surface area contributed by atoms with Gasteiger partial charge in [-0.3, -0.25) is 4.79 Å². The number of carbonyl (C=O) groups excluding carboxylic acids is 1. The van der Waals surface area contributed by atoms with Gasteiger partial charge in [0, 0.05) is 24.2 Å². The summed E-state index contributed by atoms with van der Waals surface area (Å²) in [6.45, 7) is 2.70. The van der Waals surface area contributed by atoms with Crippen molar-refractivity contribution in [2.45, 2.75) is 12.8 Å². The predicted octanol–water partition coefficient (Wildman–Crippen LogP) is 4.59. The van der Waals surface area contributed by atoms with E-state index in [4.69, 9.17) is 20.6 Å². The number of carbonyl (C=O) groups is 1. The highest BCUT2D eigenvalue weighted by Crippen LogP contribution is 2.34. The fraction of sp³-hybridized carbons (Fsp3) is 0.182. The van der Waals surface area contributed by atoms with Gasteiger partial charge in [-0.15, -0.1) is 0 Å². The van der Waals surface area contributed by atoms with Crippen LogP contribution in [0.2, 0.25) is 5.02 Å². The van der Waals surface area contributed by atoms with Gasteiger partial charge >= 0.3 is 0 Å². The van der Waals surface area contributed by atoms with E-state index < -0.39 is 0 Å².